The minimum Gasteiger partial charge on any atom is -0.391 e. The molecule has 3 fully saturated rings. The van der Waals surface area contributed by atoms with Gasteiger partial charge in [0, 0.05) is 31.9 Å². The lowest BCUT2D eigenvalue weighted by Crippen LogP contribution is -2.56. The molecule has 0 aromatic heterocycles. The van der Waals surface area contributed by atoms with Crippen LogP contribution in [0.25, 0.3) is 0 Å². The molecule has 33 heavy (non-hydrogen) atoms. The Morgan fingerprint density at radius 2 is 1.76 bits per heavy atom. The summed E-state index contributed by atoms with van der Waals surface area (Å²) in [4.78, 5) is 19.1. The second-order valence-electron chi connectivity index (χ2n) is 9.86. The second-order valence-corrected chi connectivity index (χ2v) is 9.86. The molecule has 2 saturated heterocycles. The Bertz CT molecular complexity index is 813. The zero-order valence-corrected chi connectivity index (χ0v) is 19.3. The minimum atomic E-state index is -4.34. The van der Waals surface area contributed by atoms with E-state index in [1.807, 2.05) is 16.7 Å². The first-order valence-corrected chi connectivity index (χ1v) is 12.0. The van der Waals surface area contributed by atoms with Crippen molar-refractivity contribution in [3.63, 3.8) is 0 Å². The number of carbonyl (C=O) groups is 1. The summed E-state index contributed by atoms with van der Waals surface area (Å²) in [5.74, 6) is 0.0968. The fourth-order valence-corrected chi connectivity index (χ4v) is 5.04. The third-order valence-corrected chi connectivity index (χ3v) is 7.68. The molecule has 3 aliphatic rings. The second kappa shape index (κ2) is 9.80. The van der Waals surface area contributed by atoms with Crippen LogP contribution in [0.2, 0.25) is 0 Å². The highest BCUT2D eigenvalue weighted by Crippen LogP contribution is 2.53. The number of aliphatic hydroxyl groups excluding tert-OH is 1. The topological polar surface area (TPSA) is 59.1 Å². The van der Waals surface area contributed by atoms with Crippen molar-refractivity contribution in [1.29, 1.82) is 0 Å². The van der Waals surface area contributed by atoms with E-state index in [0.717, 1.165) is 64.1 Å². The number of alkyl halides is 3. The molecular weight excluding hydrogens is 433 g/mol. The van der Waals surface area contributed by atoms with Gasteiger partial charge in [-0.1, -0.05) is 0 Å². The van der Waals surface area contributed by atoms with Crippen molar-refractivity contribution in [2.24, 2.45) is 5.41 Å². The van der Waals surface area contributed by atoms with Gasteiger partial charge in [0.05, 0.1) is 24.4 Å². The molecule has 2 aliphatic heterocycles. The Balaban J connectivity index is 1.15. The highest BCUT2D eigenvalue weighted by atomic mass is 19.4. The molecule has 2 N–H and O–H groups in total. The summed E-state index contributed by atoms with van der Waals surface area (Å²) in [5, 5.41) is 13.5. The van der Waals surface area contributed by atoms with E-state index in [9.17, 15) is 23.1 Å². The Kier molecular flexibility index (Phi) is 7.21. The number of rotatable bonds is 8. The molecule has 1 aromatic rings. The molecule has 1 saturated carbocycles. The first-order chi connectivity index (χ1) is 15.7. The molecule has 1 aliphatic carbocycles. The predicted octanol–water partition coefficient (Wildman–Crippen LogP) is 3.23. The zero-order valence-electron chi connectivity index (χ0n) is 19.3. The summed E-state index contributed by atoms with van der Waals surface area (Å²) in [7, 11) is 0. The molecule has 1 amide bonds. The monoisotopic (exact) mass is 468 g/mol. The van der Waals surface area contributed by atoms with E-state index in [1.165, 1.54) is 25.0 Å². The van der Waals surface area contributed by atoms with E-state index >= 15 is 0 Å². The van der Waals surface area contributed by atoms with Gasteiger partial charge in [0.2, 0.25) is 5.91 Å². The summed E-state index contributed by atoms with van der Waals surface area (Å²) in [6.45, 7) is 7.22. The number of benzene rings is 1. The average Bonchev–Trinajstić information content (AvgIpc) is 3.56. The Hall–Kier alpha value is -1.84. The average molecular weight is 469 g/mol. The molecule has 4 rings (SSSR count). The highest BCUT2D eigenvalue weighted by molar-refractivity contribution is 5.82. The van der Waals surface area contributed by atoms with E-state index in [-0.39, 0.29) is 23.5 Å². The van der Waals surface area contributed by atoms with Gasteiger partial charge in [-0.25, -0.2) is 0 Å². The van der Waals surface area contributed by atoms with Crippen LogP contribution < -0.4 is 5.32 Å². The van der Waals surface area contributed by atoms with Gasteiger partial charge in [0.25, 0.3) is 0 Å². The van der Waals surface area contributed by atoms with Gasteiger partial charge < -0.3 is 20.2 Å². The van der Waals surface area contributed by atoms with E-state index in [4.69, 9.17) is 0 Å². The first-order valence-electron chi connectivity index (χ1n) is 12.0. The molecule has 1 aromatic carbocycles. The van der Waals surface area contributed by atoms with Crippen molar-refractivity contribution >= 4 is 11.6 Å². The highest BCUT2D eigenvalue weighted by Gasteiger charge is 2.51. The van der Waals surface area contributed by atoms with Crippen LogP contribution in [0.15, 0.2) is 24.3 Å². The lowest BCUT2D eigenvalue weighted by atomic mass is 9.90. The molecule has 9 heteroatoms. The molecule has 0 radical (unpaired) electrons. The quantitative estimate of drug-likeness (QED) is 0.574. The number of unbranched alkanes of at least 4 members (excludes halogenated alkanes) is 1. The molecule has 2 unspecified atom stereocenters. The minimum absolute atomic E-state index is 0.0968. The van der Waals surface area contributed by atoms with Crippen molar-refractivity contribution in [3.8, 4) is 0 Å². The maximum Gasteiger partial charge on any atom is 0.416 e. The van der Waals surface area contributed by atoms with Gasteiger partial charge in [-0.05, 0) is 81.8 Å². The SMILES string of the molecule is CC1C(=O)N(CCCCN2CCC3(CC3)C(O)C2)CCN1CNc1ccc(C(F)(F)F)cc1. The lowest BCUT2D eigenvalue weighted by Gasteiger charge is -2.39. The van der Waals surface area contributed by atoms with Crippen LogP contribution in [0.5, 0.6) is 0 Å². The van der Waals surface area contributed by atoms with Gasteiger partial charge in [-0.15, -0.1) is 0 Å². The summed E-state index contributed by atoms with van der Waals surface area (Å²) in [5.41, 5.74) is 0.161. The number of hydrogen-bond acceptors (Lipinski definition) is 5. The number of amides is 1. The van der Waals surface area contributed by atoms with Crippen LogP contribution in [0, 0.1) is 5.41 Å². The standard InChI is InChI=1S/C24H35F3N4O2/c1-18-22(33)30(12-3-2-11-29-13-10-23(8-9-23)21(32)16-29)14-15-31(18)17-28-20-6-4-19(5-7-20)24(25,26)27/h4-7,18,21,28,32H,2-3,8-17H2,1H3. The van der Waals surface area contributed by atoms with Crippen molar-refractivity contribution in [3.05, 3.63) is 29.8 Å². The van der Waals surface area contributed by atoms with Gasteiger partial charge >= 0.3 is 6.18 Å². The molecule has 6 nitrogen and oxygen atoms in total. The van der Waals surface area contributed by atoms with Crippen molar-refractivity contribution < 1.29 is 23.1 Å². The number of nitrogens with zero attached hydrogens (tertiary/aromatic N) is 3. The molecule has 2 heterocycles. The van der Waals surface area contributed by atoms with E-state index in [1.54, 1.807) is 0 Å². The number of nitrogens with one attached hydrogen (secondary N) is 1. The summed E-state index contributed by atoms with van der Waals surface area (Å²) < 4.78 is 38.1. The number of piperazine rings is 1. The van der Waals surface area contributed by atoms with Crippen molar-refractivity contribution in [2.45, 2.75) is 57.3 Å². The third kappa shape index (κ3) is 5.81. The number of anilines is 1. The smallest absolute Gasteiger partial charge is 0.391 e. The number of halogens is 3. The van der Waals surface area contributed by atoms with Crippen LogP contribution in [0.3, 0.4) is 0 Å². The maximum absolute atomic E-state index is 12.8. The first kappa shape index (κ1) is 24.3. The Labute approximate surface area is 193 Å². The molecule has 1 spiro atoms. The van der Waals surface area contributed by atoms with Crippen LogP contribution >= 0.6 is 0 Å². The fourth-order valence-electron chi connectivity index (χ4n) is 5.04. The Morgan fingerprint density at radius 3 is 2.39 bits per heavy atom. The number of piperidine rings is 1. The van der Waals surface area contributed by atoms with Crippen molar-refractivity contribution in [2.75, 3.05) is 51.3 Å². The maximum atomic E-state index is 12.8. The number of aliphatic hydroxyl groups is 1. The van der Waals surface area contributed by atoms with Gasteiger partial charge in [-0.2, -0.15) is 13.2 Å². The number of likely N-dealkylation sites (tertiary alicyclic amines) is 1. The zero-order chi connectivity index (χ0) is 23.6. The fraction of sp³-hybridized carbons (Fsp3) is 0.708. The van der Waals surface area contributed by atoms with Crippen LogP contribution in [-0.4, -0.2) is 83.8 Å². The van der Waals surface area contributed by atoms with Gasteiger partial charge in [0.15, 0.2) is 0 Å². The van der Waals surface area contributed by atoms with Crippen LogP contribution in [0.1, 0.15) is 44.6 Å². The van der Waals surface area contributed by atoms with E-state index in [2.05, 4.69) is 10.2 Å². The number of carbonyl (C=O) groups excluding carboxylic acids is 1. The largest absolute Gasteiger partial charge is 0.416 e. The molecular formula is C24H35F3N4O2. The van der Waals surface area contributed by atoms with Crippen molar-refractivity contribution in [1.82, 2.24) is 14.7 Å². The summed E-state index contributed by atoms with van der Waals surface area (Å²) >= 11 is 0. The van der Waals surface area contributed by atoms with Gasteiger partial charge in [0.1, 0.15) is 0 Å². The van der Waals surface area contributed by atoms with E-state index < -0.39 is 11.7 Å². The molecule has 0 bridgehead atoms. The van der Waals surface area contributed by atoms with Gasteiger partial charge in [-0.3, -0.25) is 9.69 Å². The summed E-state index contributed by atoms with van der Waals surface area (Å²) in [6.07, 6.45) is 0.883. The summed E-state index contributed by atoms with van der Waals surface area (Å²) in [6, 6.07) is 4.68. The number of β-amino-alcohol motifs (C(OH)–C–C–N with tert-alkyl or cyclic N) is 1. The normalized spacial score (nSPS) is 26.1. The molecule has 184 valence electrons. The third-order valence-electron chi connectivity index (χ3n) is 7.68. The predicted molar refractivity (Wildman–Crippen MR) is 121 cm³/mol. The molecule has 2 atom stereocenters. The van der Waals surface area contributed by atoms with E-state index in [0.29, 0.717) is 18.9 Å². The Morgan fingerprint density at radius 1 is 1.06 bits per heavy atom. The van der Waals surface area contributed by atoms with Crippen LogP contribution in [-0.2, 0) is 11.0 Å². The lowest BCUT2D eigenvalue weighted by molar-refractivity contribution is -0.141. The number of hydrogen-bond donors (Lipinski definition) is 2. The van der Waals surface area contributed by atoms with Crippen LogP contribution in [0.4, 0.5) is 18.9 Å².